The van der Waals surface area contributed by atoms with E-state index in [0.29, 0.717) is 27.1 Å². The molecule has 0 aliphatic carbocycles. The van der Waals surface area contributed by atoms with Crippen LogP contribution >= 0.6 is 23.2 Å². The summed E-state index contributed by atoms with van der Waals surface area (Å²) < 4.78 is 1.71. The highest BCUT2D eigenvalue weighted by molar-refractivity contribution is 6.36. The summed E-state index contributed by atoms with van der Waals surface area (Å²) in [4.78, 5) is 19.3. The second kappa shape index (κ2) is 5.50. The van der Waals surface area contributed by atoms with E-state index in [0.717, 1.165) is 19.4 Å². The second-order valence-electron chi connectivity index (χ2n) is 5.59. The predicted octanol–water partition coefficient (Wildman–Crippen LogP) is 3.96. The van der Waals surface area contributed by atoms with Crippen molar-refractivity contribution in [2.45, 2.75) is 39.2 Å². The molecular formula is C15H17Cl2N3O. The fourth-order valence-corrected chi connectivity index (χ4v) is 3.49. The number of halogens is 2. The van der Waals surface area contributed by atoms with Crippen LogP contribution in [-0.4, -0.2) is 32.8 Å². The summed E-state index contributed by atoms with van der Waals surface area (Å²) in [5, 5.41) is 0.946. The molecule has 3 heterocycles. The van der Waals surface area contributed by atoms with Crippen LogP contribution in [0.5, 0.6) is 0 Å². The molecule has 3 rings (SSSR count). The Morgan fingerprint density at radius 2 is 2.14 bits per heavy atom. The van der Waals surface area contributed by atoms with E-state index in [4.69, 9.17) is 23.2 Å². The number of carbonyl (C=O) groups is 1. The first-order chi connectivity index (χ1) is 9.99. The quantitative estimate of drug-likeness (QED) is 0.795. The Morgan fingerprint density at radius 1 is 1.38 bits per heavy atom. The second-order valence-corrected chi connectivity index (χ2v) is 6.43. The van der Waals surface area contributed by atoms with Crippen molar-refractivity contribution in [2.24, 2.45) is 0 Å². The third kappa shape index (κ3) is 2.51. The van der Waals surface area contributed by atoms with Crippen LogP contribution in [0.3, 0.4) is 0 Å². The molecule has 4 nitrogen and oxygen atoms in total. The summed E-state index contributed by atoms with van der Waals surface area (Å²) >= 11 is 12.2. The smallest absolute Gasteiger partial charge is 0.273 e. The van der Waals surface area contributed by atoms with Gasteiger partial charge in [0.15, 0.2) is 5.65 Å². The maximum absolute atomic E-state index is 12.9. The van der Waals surface area contributed by atoms with Crippen LogP contribution < -0.4 is 0 Å². The van der Waals surface area contributed by atoms with Gasteiger partial charge in [-0.1, -0.05) is 23.2 Å². The predicted molar refractivity (Wildman–Crippen MR) is 84.3 cm³/mol. The van der Waals surface area contributed by atoms with Crippen molar-refractivity contribution in [1.29, 1.82) is 0 Å². The van der Waals surface area contributed by atoms with Gasteiger partial charge in [-0.15, -0.1) is 0 Å². The van der Waals surface area contributed by atoms with Crippen molar-refractivity contribution < 1.29 is 4.79 Å². The Kier molecular flexibility index (Phi) is 3.84. The lowest BCUT2D eigenvalue weighted by atomic mass is 10.0. The minimum atomic E-state index is 0.00512. The van der Waals surface area contributed by atoms with Crippen LogP contribution in [0.4, 0.5) is 0 Å². The number of carbonyl (C=O) groups excluding carboxylic acids is 1. The number of imidazole rings is 1. The number of rotatable bonds is 1. The molecule has 1 unspecified atom stereocenters. The summed E-state index contributed by atoms with van der Waals surface area (Å²) in [7, 11) is 0. The van der Waals surface area contributed by atoms with Gasteiger partial charge in [0.25, 0.3) is 5.91 Å². The monoisotopic (exact) mass is 325 g/mol. The average Bonchev–Trinajstić information content (AvgIpc) is 2.75. The van der Waals surface area contributed by atoms with E-state index >= 15 is 0 Å². The molecule has 1 aliphatic heterocycles. The SMILES string of the molecule is Cc1nc2c(Cl)cc(Cl)cn2c1C(=O)N1CCCCC1C. The summed E-state index contributed by atoms with van der Waals surface area (Å²) in [6.45, 7) is 4.72. The highest BCUT2D eigenvalue weighted by Gasteiger charge is 2.28. The van der Waals surface area contributed by atoms with Crippen LogP contribution in [0.2, 0.25) is 10.0 Å². The number of aromatic nitrogens is 2. The van der Waals surface area contributed by atoms with E-state index in [9.17, 15) is 4.79 Å². The fraction of sp³-hybridized carbons (Fsp3) is 0.467. The maximum Gasteiger partial charge on any atom is 0.273 e. The zero-order valence-electron chi connectivity index (χ0n) is 12.1. The first-order valence-electron chi connectivity index (χ1n) is 7.13. The lowest BCUT2D eigenvalue weighted by molar-refractivity contribution is 0.0627. The number of aryl methyl sites for hydroxylation is 1. The first kappa shape index (κ1) is 14.7. The van der Waals surface area contributed by atoms with Crippen molar-refractivity contribution in [3.63, 3.8) is 0 Å². The van der Waals surface area contributed by atoms with Gasteiger partial charge >= 0.3 is 0 Å². The number of likely N-dealkylation sites (tertiary alicyclic amines) is 1. The van der Waals surface area contributed by atoms with Gasteiger partial charge in [-0.25, -0.2) is 4.98 Å². The zero-order valence-corrected chi connectivity index (χ0v) is 13.6. The van der Waals surface area contributed by atoms with Crippen LogP contribution in [0, 0.1) is 6.92 Å². The van der Waals surface area contributed by atoms with Gasteiger partial charge in [0.2, 0.25) is 0 Å². The van der Waals surface area contributed by atoms with Gasteiger partial charge in [0, 0.05) is 18.8 Å². The number of hydrogen-bond donors (Lipinski definition) is 0. The van der Waals surface area contributed by atoms with Gasteiger partial charge in [-0.05, 0) is 39.2 Å². The fourth-order valence-electron chi connectivity index (χ4n) is 2.98. The molecule has 1 fully saturated rings. The summed E-state index contributed by atoms with van der Waals surface area (Å²) in [6, 6.07) is 1.90. The summed E-state index contributed by atoms with van der Waals surface area (Å²) in [6.07, 6.45) is 4.97. The number of hydrogen-bond acceptors (Lipinski definition) is 2. The van der Waals surface area contributed by atoms with Crippen LogP contribution in [0.15, 0.2) is 12.3 Å². The van der Waals surface area contributed by atoms with E-state index in [2.05, 4.69) is 11.9 Å². The molecule has 0 saturated carbocycles. The molecule has 1 atom stereocenters. The van der Waals surface area contributed by atoms with Gasteiger partial charge in [-0.2, -0.15) is 0 Å². The highest BCUT2D eigenvalue weighted by Crippen LogP contribution is 2.26. The Balaban J connectivity index is 2.11. The molecule has 112 valence electrons. The first-order valence-corrected chi connectivity index (χ1v) is 7.89. The Bertz CT molecular complexity index is 710. The normalized spacial score (nSPS) is 19.2. The molecule has 0 bridgehead atoms. The minimum absolute atomic E-state index is 0.00512. The minimum Gasteiger partial charge on any atom is -0.335 e. The van der Waals surface area contributed by atoms with Crippen LogP contribution in [0.1, 0.15) is 42.4 Å². The topological polar surface area (TPSA) is 37.6 Å². The van der Waals surface area contributed by atoms with Crippen LogP contribution in [0.25, 0.3) is 5.65 Å². The molecule has 0 aromatic carbocycles. The molecule has 1 amide bonds. The largest absolute Gasteiger partial charge is 0.335 e. The maximum atomic E-state index is 12.9. The molecule has 0 spiro atoms. The number of fused-ring (bicyclic) bond motifs is 1. The van der Waals surface area contributed by atoms with Crippen molar-refractivity contribution in [3.8, 4) is 0 Å². The average molecular weight is 326 g/mol. The molecule has 2 aromatic heterocycles. The van der Waals surface area contributed by atoms with Gasteiger partial charge in [0.05, 0.1) is 15.7 Å². The number of pyridine rings is 1. The number of amides is 1. The van der Waals surface area contributed by atoms with E-state index in [1.807, 2.05) is 11.8 Å². The van der Waals surface area contributed by atoms with Crippen molar-refractivity contribution >= 4 is 34.8 Å². The highest BCUT2D eigenvalue weighted by atomic mass is 35.5. The third-order valence-corrected chi connectivity index (χ3v) is 4.57. The van der Waals surface area contributed by atoms with Gasteiger partial charge in [0.1, 0.15) is 5.69 Å². The Labute approximate surface area is 133 Å². The summed E-state index contributed by atoms with van der Waals surface area (Å²) in [5.41, 5.74) is 1.82. The van der Waals surface area contributed by atoms with Crippen molar-refractivity contribution in [2.75, 3.05) is 6.54 Å². The molecular weight excluding hydrogens is 309 g/mol. The lowest BCUT2D eigenvalue weighted by Crippen LogP contribution is -2.42. The standard InChI is InChI=1S/C15H17Cl2N3O/c1-9-5-3-4-6-19(9)15(21)13-10(2)18-14-12(17)7-11(16)8-20(13)14/h7-9H,3-6H2,1-2H3. The third-order valence-electron chi connectivity index (χ3n) is 4.08. The number of piperidine rings is 1. The van der Waals surface area contributed by atoms with Gasteiger partial charge < -0.3 is 4.90 Å². The van der Waals surface area contributed by atoms with E-state index in [-0.39, 0.29) is 11.9 Å². The zero-order chi connectivity index (χ0) is 15.1. The molecule has 6 heteroatoms. The van der Waals surface area contributed by atoms with E-state index in [1.54, 1.807) is 16.7 Å². The molecule has 21 heavy (non-hydrogen) atoms. The Morgan fingerprint density at radius 3 is 2.86 bits per heavy atom. The van der Waals surface area contributed by atoms with E-state index < -0.39 is 0 Å². The molecule has 1 aliphatic rings. The van der Waals surface area contributed by atoms with Gasteiger partial charge in [-0.3, -0.25) is 9.20 Å². The molecule has 0 radical (unpaired) electrons. The van der Waals surface area contributed by atoms with Crippen LogP contribution in [-0.2, 0) is 0 Å². The van der Waals surface area contributed by atoms with E-state index in [1.165, 1.54) is 6.42 Å². The number of nitrogens with zero attached hydrogens (tertiary/aromatic N) is 3. The molecule has 0 N–H and O–H groups in total. The van der Waals surface area contributed by atoms with Crippen molar-refractivity contribution in [3.05, 3.63) is 33.7 Å². The van der Waals surface area contributed by atoms with Crippen molar-refractivity contribution in [1.82, 2.24) is 14.3 Å². The Hall–Kier alpha value is -1.26. The summed E-state index contributed by atoms with van der Waals surface area (Å²) in [5.74, 6) is 0.00512. The molecule has 1 saturated heterocycles. The lowest BCUT2D eigenvalue weighted by Gasteiger charge is -2.33. The molecule has 2 aromatic rings.